The molecule has 0 aliphatic carbocycles. The Hall–Kier alpha value is -5.01. The van der Waals surface area contributed by atoms with Gasteiger partial charge in [-0.3, -0.25) is 4.68 Å². The largest absolute Gasteiger partial charge is 0.490 e. The van der Waals surface area contributed by atoms with Crippen LogP contribution < -0.4 is 10.6 Å². The molecule has 0 unspecified atom stereocenters. The van der Waals surface area contributed by atoms with Crippen LogP contribution in [0.4, 0.5) is 33.3 Å². The molecule has 0 bridgehead atoms. The zero-order chi connectivity index (χ0) is 30.3. The molecule has 4 aromatic rings. The Bertz CT molecular complexity index is 1540. The van der Waals surface area contributed by atoms with Crippen LogP contribution >= 0.6 is 0 Å². The summed E-state index contributed by atoms with van der Waals surface area (Å²) in [5.41, 5.74) is 7.72. The second-order valence-electron chi connectivity index (χ2n) is 8.52. The first-order chi connectivity index (χ1) is 19.3. The zero-order valence-electron chi connectivity index (χ0n) is 21.8. The van der Waals surface area contributed by atoms with E-state index in [0.29, 0.717) is 17.3 Å². The van der Waals surface area contributed by atoms with E-state index in [2.05, 4.69) is 15.2 Å². The Labute approximate surface area is 231 Å². The average molecular weight is 577 g/mol. The number of aliphatic carboxylic acids is 1. The van der Waals surface area contributed by atoms with Crippen LogP contribution in [0.15, 0.2) is 71.9 Å². The molecule has 0 aliphatic rings. The minimum Gasteiger partial charge on any atom is -0.475 e. The maximum Gasteiger partial charge on any atom is 0.490 e. The Morgan fingerprint density at radius 3 is 2.29 bits per heavy atom. The summed E-state index contributed by atoms with van der Waals surface area (Å²) in [5.74, 6) is -3.72. The summed E-state index contributed by atoms with van der Waals surface area (Å²) in [6.07, 6.45) is -4.30. The summed E-state index contributed by atoms with van der Waals surface area (Å²) in [6.45, 7) is 2.15. The number of aromatic nitrogens is 3. The number of halogens is 5. The number of anilines is 2. The summed E-state index contributed by atoms with van der Waals surface area (Å²) in [7, 11) is 1.76. The number of carbonyl (C=O) groups is 1. The van der Waals surface area contributed by atoms with E-state index in [1.165, 1.54) is 0 Å². The highest BCUT2D eigenvalue weighted by Crippen LogP contribution is 2.32. The molecule has 1 aromatic heterocycles. The first-order valence-corrected chi connectivity index (χ1v) is 11.9. The second-order valence-corrected chi connectivity index (χ2v) is 8.52. The monoisotopic (exact) mass is 576 g/mol. The van der Waals surface area contributed by atoms with Gasteiger partial charge in [0.05, 0.1) is 17.8 Å². The number of nitrogens with two attached hydrogens (primary N) is 1. The van der Waals surface area contributed by atoms with Gasteiger partial charge in [-0.1, -0.05) is 54.5 Å². The summed E-state index contributed by atoms with van der Waals surface area (Å²) in [4.78, 5) is 15.2. The number of alkyl halides is 3. The van der Waals surface area contributed by atoms with Gasteiger partial charge in [-0.2, -0.15) is 18.3 Å². The maximum atomic E-state index is 15.3. The zero-order valence-corrected chi connectivity index (χ0v) is 21.8. The first kappa shape index (κ1) is 30.5. The molecular formula is C27H25F5N6O3. The van der Waals surface area contributed by atoms with Crippen molar-refractivity contribution in [2.24, 2.45) is 17.9 Å². The molecule has 4 N–H and O–H groups in total. The van der Waals surface area contributed by atoms with E-state index in [9.17, 15) is 17.6 Å². The Balaban J connectivity index is 0.000000587. The highest BCUT2D eigenvalue weighted by atomic mass is 19.4. The van der Waals surface area contributed by atoms with Crippen molar-refractivity contribution in [3.05, 3.63) is 95.3 Å². The van der Waals surface area contributed by atoms with Crippen LogP contribution in [-0.2, 0) is 24.8 Å². The summed E-state index contributed by atoms with van der Waals surface area (Å²) >= 11 is 0. The standard InChI is InChI=1S/C25H24F2N6O.C2HF3O2/c1-3-16-8-7-11-18(12-16)33(22-14-20(26)19(13-21(22)27)24(28)31-34)15-23-29-25(30-32(23)2)17-9-5-4-6-10-17;3-2(4,5)1(6)7/h4-14,34H,3,15H2,1-2H3,(H2,28,31);(H,6,7). The van der Waals surface area contributed by atoms with Crippen molar-refractivity contribution in [1.29, 1.82) is 0 Å². The third-order valence-electron chi connectivity index (χ3n) is 5.77. The van der Waals surface area contributed by atoms with Gasteiger partial charge >= 0.3 is 12.1 Å². The van der Waals surface area contributed by atoms with Gasteiger partial charge in [-0.25, -0.2) is 18.6 Å². The van der Waals surface area contributed by atoms with E-state index < -0.39 is 29.6 Å². The summed E-state index contributed by atoms with van der Waals surface area (Å²) in [5, 5.41) is 23.3. The minimum absolute atomic E-state index is 0.00972. The van der Waals surface area contributed by atoms with Crippen molar-refractivity contribution < 1.29 is 37.1 Å². The van der Waals surface area contributed by atoms with Crippen LogP contribution in [0.1, 0.15) is 23.9 Å². The number of rotatable bonds is 7. The lowest BCUT2D eigenvalue weighted by Gasteiger charge is -2.26. The number of hydrogen-bond donors (Lipinski definition) is 3. The Morgan fingerprint density at radius 1 is 1.05 bits per heavy atom. The number of carboxylic acid groups (broad SMARTS) is 1. The van der Waals surface area contributed by atoms with Gasteiger partial charge < -0.3 is 20.9 Å². The third kappa shape index (κ3) is 7.56. The molecule has 0 amide bonds. The highest BCUT2D eigenvalue weighted by molar-refractivity contribution is 5.97. The maximum absolute atomic E-state index is 15.3. The fraction of sp³-hybridized carbons (Fsp3) is 0.185. The summed E-state index contributed by atoms with van der Waals surface area (Å²) < 4.78 is 63.5. The number of carboxylic acids is 1. The molecule has 0 fully saturated rings. The van der Waals surface area contributed by atoms with Crippen molar-refractivity contribution >= 4 is 23.2 Å². The molecule has 0 saturated heterocycles. The minimum atomic E-state index is -5.08. The lowest BCUT2D eigenvalue weighted by molar-refractivity contribution is -0.192. The number of hydrogen-bond acceptors (Lipinski definition) is 6. The van der Waals surface area contributed by atoms with Crippen LogP contribution in [-0.4, -0.2) is 43.1 Å². The highest BCUT2D eigenvalue weighted by Gasteiger charge is 2.38. The van der Waals surface area contributed by atoms with Crippen LogP contribution in [0.25, 0.3) is 11.4 Å². The van der Waals surface area contributed by atoms with E-state index >= 15 is 4.39 Å². The smallest absolute Gasteiger partial charge is 0.475 e. The van der Waals surface area contributed by atoms with Crippen molar-refractivity contribution in [2.75, 3.05) is 4.90 Å². The Morgan fingerprint density at radius 2 is 1.71 bits per heavy atom. The van der Waals surface area contributed by atoms with Crippen molar-refractivity contribution in [3.8, 4) is 11.4 Å². The van der Waals surface area contributed by atoms with Crippen LogP contribution in [0.5, 0.6) is 0 Å². The fourth-order valence-electron chi connectivity index (χ4n) is 3.66. The molecule has 0 radical (unpaired) electrons. The molecule has 216 valence electrons. The number of amidine groups is 1. The normalized spacial score (nSPS) is 11.5. The lowest BCUT2D eigenvalue weighted by atomic mass is 10.1. The second kappa shape index (κ2) is 12.9. The molecule has 9 nitrogen and oxygen atoms in total. The van der Waals surface area contributed by atoms with Crippen molar-refractivity contribution in [2.45, 2.75) is 26.1 Å². The van der Waals surface area contributed by atoms with Gasteiger partial charge in [-0.15, -0.1) is 0 Å². The van der Waals surface area contributed by atoms with E-state index in [-0.39, 0.29) is 17.8 Å². The number of oxime groups is 1. The van der Waals surface area contributed by atoms with Gasteiger partial charge in [0, 0.05) is 24.4 Å². The van der Waals surface area contributed by atoms with E-state index in [0.717, 1.165) is 29.7 Å². The molecule has 41 heavy (non-hydrogen) atoms. The van der Waals surface area contributed by atoms with Gasteiger partial charge in [0.25, 0.3) is 0 Å². The lowest BCUT2D eigenvalue weighted by Crippen LogP contribution is -2.22. The molecule has 4 rings (SSSR count). The molecule has 14 heteroatoms. The van der Waals surface area contributed by atoms with E-state index in [1.54, 1.807) is 16.6 Å². The van der Waals surface area contributed by atoms with Crippen LogP contribution in [0, 0.1) is 11.6 Å². The Kier molecular flexibility index (Phi) is 9.60. The molecule has 0 saturated carbocycles. The predicted molar refractivity (Wildman–Crippen MR) is 141 cm³/mol. The molecule has 0 aliphatic heterocycles. The van der Waals surface area contributed by atoms with Crippen molar-refractivity contribution in [3.63, 3.8) is 0 Å². The number of aryl methyl sites for hydroxylation is 2. The molecule has 3 aromatic carbocycles. The topological polar surface area (TPSA) is 130 Å². The van der Waals surface area contributed by atoms with Gasteiger partial charge in [0.1, 0.15) is 17.5 Å². The van der Waals surface area contributed by atoms with Crippen molar-refractivity contribution in [1.82, 2.24) is 14.8 Å². The molecule has 0 atom stereocenters. The van der Waals surface area contributed by atoms with E-state index in [1.807, 2.05) is 61.5 Å². The fourth-order valence-corrected chi connectivity index (χ4v) is 3.66. The van der Waals surface area contributed by atoms with Gasteiger partial charge in [-0.05, 0) is 30.2 Å². The van der Waals surface area contributed by atoms with Crippen LogP contribution in [0.3, 0.4) is 0 Å². The quantitative estimate of drug-likeness (QED) is 0.0885. The number of nitrogens with zero attached hydrogens (tertiary/aromatic N) is 5. The third-order valence-corrected chi connectivity index (χ3v) is 5.77. The van der Waals surface area contributed by atoms with E-state index in [4.69, 9.17) is 20.8 Å². The number of benzene rings is 3. The summed E-state index contributed by atoms with van der Waals surface area (Å²) in [6, 6.07) is 19.0. The average Bonchev–Trinajstić information content (AvgIpc) is 3.32. The van der Waals surface area contributed by atoms with Gasteiger partial charge in [0.15, 0.2) is 11.7 Å². The molecule has 0 spiro atoms. The predicted octanol–water partition coefficient (Wildman–Crippen LogP) is 5.39. The molecule has 1 heterocycles. The van der Waals surface area contributed by atoms with Crippen LogP contribution in [0.2, 0.25) is 0 Å². The SMILES string of the molecule is CCc1cccc(N(Cc2nc(-c3ccccc3)nn2C)c2cc(F)c(C(N)=NO)cc2F)c1.O=C(O)C(F)(F)F. The molecular weight excluding hydrogens is 551 g/mol. The van der Waals surface area contributed by atoms with Gasteiger partial charge in [0.2, 0.25) is 0 Å². The first-order valence-electron chi connectivity index (χ1n) is 11.9.